The first kappa shape index (κ1) is 11.8. The summed E-state index contributed by atoms with van der Waals surface area (Å²) in [5.41, 5.74) is 7.98. The molecule has 2 aromatic rings. The van der Waals surface area contributed by atoms with Gasteiger partial charge in [-0.3, -0.25) is 0 Å². The second-order valence-electron chi connectivity index (χ2n) is 5.05. The molecule has 3 nitrogen and oxygen atoms in total. The van der Waals surface area contributed by atoms with Crippen molar-refractivity contribution in [2.24, 2.45) is 5.92 Å². The highest BCUT2D eigenvalue weighted by molar-refractivity contribution is 7.13. The van der Waals surface area contributed by atoms with Gasteiger partial charge in [0.25, 0.3) is 0 Å². The van der Waals surface area contributed by atoms with E-state index < -0.39 is 0 Å². The van der Waals surface area contributed by atoms with Gasteiger partial charge in [-0.05, 0) is 23.8 Å². The molecule has 18 heavy (non-hydrogen) atoms. The van der Waals surface area contributed by atoms with Gasteiger partial charge in [-0.25, -0.2) is 0 Å². The van der Waals surface area contributed by atoms with Crippen molar-refractivity contribution >= 4 is 17.2 Å². The predicted octanol–water partition coefficient (Wildman–Crippen LogP) is 4.11. The molecule has 2 N–H and O–H groups in total. The summed E-state index contributed by atoms with van der Waals surface area (Å²) in [5, 5.41) is 6.23. The predicted molar refractivity (Wildman–Crippen MR) is 74.5 cm³/mol. The number of hydrogen-bond acceptors (Lipinski definition) is 4. The van der Waals surface area contributed by atoms with Crippen LogP contribution in [0.25, 0.3) is 10.4 Å². The van der Waals surface area contributed by atoms with Crippen LogP contribution in [0.3, 0.4) is 0 Å². The second kappa shape index (κ2) is 5.14. The average molecular weight is 262 g/mol. The Labute approximate surface area is 111 Å². The molecule has 0 unspecified atom stereocenters. The summed E-state index contributed by atoms with van der Waals surface area (Å²) in [6.07, 6.45) is 7.73. The van der Waals surface area contributed by atoms with Crippen LogP contribution < -0.4 is 5.73 Å². The van der Waals surface area contributed by atoms with Crippen LogP contribution in [0.2, 0.25) is 0 Å². The first-order valence-electron chi connectivity index (χ1n) is 6.62. The standard InChI is InChI=1S/C14H18N2OS/c15-14-13(12-7-4-8-18-12)11(16-17-14)9-10-5-2-1-3-6-10/h4,7-8,10H,1-3,5-6,9,15H2. The average Bonchev–Trinajstić information content (AvgIpc) is 3.01. The molecule has 3 rings (SSSR count). The van der Waals surface area contributed by atoms with Crippen LogP contribution in [0, 0.1) is 5.92 Å². The Morgan fingerprint density at radius 1 is 1.33 bits per heavy atom. The van der Waals surface area contributed by atoms with E-state index in [0.717, 1.165) is 23.6 Å². The topological polar surface area (TPSA) is 52.0 Å². The molecular formula is C14H18N2OS. The van der Waals surface area contributed by atoms with E-state index in [0.29, 0.717) is 5.88 Å². The summed E-state index contributed by atoms with van der Waals surface area (Å²) in [6, 6.07) is 4.12. The second-order valence-corrected chi connectivity index (χ2v) is 6.00. The van der Waals surface area contributed by atoms with E-state index in [-0.39, 0.29) is 0 Å². The molecule has 2 heterocycles. The van der Waals surface area contributed by atoms with E-state index in [9.17, 15) is 0 Å². The number of rotatable bonds is 3. The van der Waals surface area contributed by atoms with Crippen LogP contribution in [0.15, 0.2) is 22.0 Å². The van der Waals surface area contributed by atoms with Gasteiger partial charge in [0.1, 0.15) is 0 Å². The van der Waals surface area contributed by atoms with Crippen LogP contribution in [0.5, 0.6) is 0 Å². The van der Waals surface area contributed by atoms with E-state index in [1.807, 2.05) is 6.07 Å². The van der Waals surface area contributed by atoms with E-state index >= 15 is 0 Å². The van der Waals surface area contributed by atoms with Crippen LogP contribution in [0.4, 0.5) is 5.88 Å². The fourth-order valence-corrected chi connectivity index (χ4v) is 3.62. The minimum absolute atomic E-state index is 0.461. The molecule has 0 bridgehead atoms. The highest BCUT2D eigenvalue weighted by Crippen LogP contribution is 2.36. The highest BCUT2D eigenvalue weighted by Gasteiger charge is 2.21. The largest absolute Gasteiger partial charge is 0.367 e. The number of nitrogens with two attached hydrogens (primary N) is 1. The number of aromatic nitrogens is 1. The lowest BCUT2D eigenvalue weighted by atomic mass is 9.85. The Morgan fingerprint density at radius 3 is 2.89 bits per heavy atom. The fourth-order valence-electron chi connectivity index (χ4n) is 2.83. The number of nitrogens with zero attached hydrogens (tertiary/aromatic N) is 1. The third kappa shape index (κ3) is 2.29. The molecule has 1 aliphatic rings. The van der Waals surface area contributed by atoms with Crippen molar-refractivity contribution in [2.45, 2.75) is 38.5 Å². The van der Waals surface area contributed by atoms with E-state index in [1.165, 1.54) is 37.0 Å². The molecule has 0 radical (unpaired) electrons. The minimum Gasteiger partial charge on any atom is -0.367 e. The van der Waals surface area contributed by atoms with E-state index in [1.54, 1.807) is 11.3 Å². The van der Waals surface area contributed by atoms with Crippen LogP contribution in [0.1, 0.15) is 37.8 Å². The van der Waals surface area contributed by atoms with Crippen molar-refractivity contribution in [1.82, 2.24) is 5.16 Å². The van der Waals surface area contributed by atoms with Gasteiger partial charge >= 0.3 is 0 Å². The first-order chi connectivity index (χ1) is 8.84. The molecule has 2 aromatic heterocycles. The van der Waals surface area contributed by atoms with Crippen molar-refractivity contribution in [2.75, 3.05) is 5.73 Å². The molecule has 0 atom stereocenters. The Bertz CT molecular complexity index is 498. The quantitative estimate of drug-likeness (QED) is 0.905. The van der Waals surface area contributed by atoms with Crippen LogP contribution in [-0.4, -0.2) is 5.16 Å². The molecule has 0 aliphatic heterocycles. The summed E-state index contributed by atoms with van der Waals surface area (Å²) < 4.78 is 5.20. The molecule has 0 amide bonds. The van der Waals surface area contributed by atoms with Crippen molar-refractivity contribution in [3.63, 3.8) is 0 Å². The van der Waals surface area contributed by atoms with Crippen LogP contribution in [-0.2, 0) is 6.42 Å². The lowest BCUT2D eigenvalue weighted by Gasteiger charge is -2.20. The fraction of sp³-hybridized carbons (Fsp3) is 0.500. The summed E-state index contributed by atoms with van der Waals surface area (Å²) in [6.45, 7) is 0. The Hall–Kier alpha value is -1.29. The maximum absolute atomic E-state index is 5.92. The molecular weight excluding hydrogens is 244 g/mol. The number of hydrogen-bond donors (Lipinski definition) is 1. The van der Waals surface area contributed by atoms with Crippen molar-refractivity contribution in [1.29, 1.82) is 0 Å². The Balaban J connectivity index is 1.84. The summed E-state index contributed by atoms with van der Waals surface area (Å²) in [7, 11) is 0. The van der Waals surface area contributed by atoms with E-state index in [4.69, 9.17) is 10.3 Å². The van der Waals surface area contributed by atoms with Gasteiger partial charge in [0.2, 0.25) is 5.88 Å². The monoisotopic (exact) mass is 262 g/mol. The molecule has 0 saturated heterocycles. The molecule has 96 valence electrons. The smallest absolute Gasteiger partial charge is 0.231 e. The third-order valence-electron chi connectivity index (χ3n) is 3.76. The molecule has 0 aromatic carbocycles. The van der Waals surface area contributed by atoms with Gasteiger partial charge in [0.15, 0.2) is 0 Å². The van der Waals surface area contributed by atoms with Crippen molar-refractivity contribution < 1.29 is 4.52 Å². The zero-order chi connectivity index (χ0) is 12.4. The van der Waals surface area contributed by atoms with Gasteiger partial charge < -0.3 is 10.3 Å². The maximum atomic E-state index is 5.92. The molecule has 0 spiro atoms. The molecule has 1 aliphatic carbocycles. The van der Waals surface area contributed by atoms with E-state index in [2.05, 4.69) is 16.6 Å². The molecule has 1 fully saturated rings. The van der Waals surface area contributed by atoms with Crippen molar-refractivity contribution in [3.8, 4) is 10.4 Å². The summed E-state index contributed by atoms with van der Waals surface area (Å²) in [4.78, 5) is 1.17. The van der Waals surface area contributed by atoms with Gasteiger partial charge in [-0.15, -0.1) is 11.3 Å². The maximum Gasteiger partial charge on any atom is 0.231 e. The SMILES string of the molecule is Nc1onc(CC2CCCCC2)c1-c1cccs1. The number of nitrogen functional groups attached to an aromatic ring is 1. The lowest BCUT2D eigenvalue weighted by Crippen LogP contribution is -2.10. The lowest BCUT2D eigenvalue weighted by molar-refractivity contribution is 0.345. The molecule has 1 saturated carbocycles. The van der Waals surface area contributed by atoms with Crippen molar-refractivity contribution in [3.05, 3.63) is 23.2 Å². The van der Waals surface area contributed by atoms with Gasteiger partial charge in [-0.1, -0.05) is 43.3 Å². The third-order valence-corrected chi connectivity index (χ3v) is 4.65. The first-order valence-corrected chi connectivity index (χ1v) is 7.50. The highest BCUT2D eigenvalue weighted by atomic mass is 32.1. The zero-order valence-electron chi connectivity index (χ0n) is 10.4. The van der Waals surface area contributed by atoms with Crippen LogP contribution >= 0.6 is 11.3 Å². The van der Waals surface area contributed by atoms with Gasteiger partial charge in [0.05, 0.1) is 11.3 Å². The van der Waals surface area contributed by atoms with Gasteiger partial charge in [-0.2, -0.15) is 0 Å². The normalized spacial score (nSPS) is 17.1. The zero-order valence-corrected chi connectivity index (χ0v) is 11.2. The molecule has 4 heteroatoms. The Morgan fingerprint density at radius 2 is 2.17 bits per heavy atom. The van der Waals surface area contributed by atoms with Gasteiger partial charge in [0, 0.05) is 4.88 Å². The Kier molecular flexibility index (Phi) is 3.37. The summed E-state index contributed by atoms with van der Waals surface area (Å²) in [5.74, 6) is 1.21. The minimum atomic E-state index is 0.461. The number of thiophene rings is 1. The number of anilines is 1. The summed E-state index contributed by atoms with van der Waals surface area (Å²) >= 11 is 1.69.